The van der Waals surface area contributed by atoms with Crippen molar-refractivity contribution in [1.82, 2.24) is 5.32 Å². The van der Waals surface area contributed by atoms with E-state index in [1.54, 1.807) is 6.08 Å². The van der Waals surface area contributed by atoms with Gasteiger partial charge in [0.05, 0.1) is 11.5 Å². The number of esters is 1. The molecule has 0 radical (unpaired) electrons. The zero-order chi connectivity index (χ0) is 17.7. The van der Waals surface area contributed by atoms with Gasteiger partial charge >= 0.3 is 5.97 Å². The van der Waals surface area contributed by atoms with E-state index < -0.39 is 33.9 Å². The molecule has 1 aromatic carbocycles. The van der Waals surface area contributed by atoms with Crippen LogP contribution >= 0.6 is 15.9 Å². The largest absolute Gasteiger partial charge is 0.449 e. The van der Waals surface area contributed by atoms with Gasteiger partial charge in [0.25, 0.3) is 5.91 Å². The van der Waals surface area contributed by atoms with Crippen LogP contribution in [0.3, 0.4) is 0 Å². The second-order valence-corrected chi connectivity index (χ2v) is 8.63. The van der Waals surface area contributed by atoms with Crippen molar-refractivity contribution < 1.29 is 22.7 Å². The molecule has 8 heteroatoms. The first kappa shape index (κ1) is 18.7. The third kappa shape index (κ3) is 5.45. The molecule has 1 saturated heterocycles. The van der Waals surface area contributed by atoms with Crippen LogP contribution in [0, 0.1) is 0 Å². The van der Waals surface area contributed by atoms with Crippen LogP contribution in [0.15, 0.2) is 34.8 Å². The molecule has 6 nitrogen and oxygen atoms in total. The summed E-state index contributed by atoms with van der Waals surface area (Å²) in [5, 5.41) is 2.60. The van der Waals surface area contributed by atoms with Gasteiger partial charge in [-0.3, -0.25) is 4.79 Å². The maximum absolute atomic E-state index is 12.0. The minimum Gasteiger partial charge on any atom is -0.449 e. The molecule has 1 N–H and O–H groups in total. The van der Waals surface area contributed by atoms with Crippen molar-refractivity contribution >= 4 is 43.7 Å². The quantitative estimate of drug-likeness (QED) is 0.583. The summed E-state index contributed by atoms with van der Waals surface area (Å²) in [6.07, 6.45) is 2.21. The zero-order valence-corrected chi connectivity index (χ0v) is 15.5. The van der Waals surface area contributed by atoms with E-state index in [4.69, 9.17) is 4.74 Å². The Balaban J connectivity index is 1.85. The van der Waals surface area contributed by atoms with E-state index in [2.05, 4.69) is 21.2 Å². The number of ether oxygens (including phenoxy) is 1. The molecule has 1 aromatic rings. The standard InChI is InChI=1S/C16H18BrNO5S/c1-11(16(20)18-13-8-9-24(21,22)10-13)23-15(19)7-6-12-4-2-3-5-14(12)17/h2-7,11,13H,8-10H2,1H3,(H,18,20)/b7-6+/t11-,13+/m0/s1. The van der Waals surface area contributed by atoms with Crippen molar-refractivity contribution in [2.75, 3.05) is 11.5 Å². The molecular formula is C16H18BrNO5S. The molecule has 0 aromatic heterocycles. The molecule has 2 atom stereocenters. The highest BCUT2D eigenvalue weighted by atomic mass is 79.9. The van der Waals surface area contributed by atoms with Crippen molar-refractivity contribution in [2.24, 2.45) is 0 Å². The number of hydrogen-bond donors (Lipinski definition) is 1. The lowest BCUT2D eigenvalue weighted by Crippen LogP contribution is -2.42. The van der Waals surface area contributed by atoms with Gasteiger partial charge in [-0.15, -0.1) is 0 Å². The van der Waals surface area contributed by atoms with E-state index in [0.29, 0.717) is 6.42 Å². The van der Waals surface area contributed by atoms with Crippen LogP contribution in [0.4, 0.5) is 0 Å². The highest BCUT2D eigenvalue weighted by Crippen LogP contribution is 2.17. The van der Waals surface area contributed by atoms with Crippen molar-refractivity contribution in [1.29, 1.82) is 0 Å². The molecule has 1 fully saturated rings. The van der Waals surface area contributed by atoms with E-state index in [1.165, 1.54) is 13.0 Å². The Morgan fingerprint density at radius 1 is 1.38 bits per heavy atom. The Morgan fingerprint density at radius 3 is 2.71 bits per heavy atom. The molecule has 0 saturated carbocycles. The maximum atomic E-state index is 12.0. The molecule has 0 aliphatic carbocycles. The second-order valence-electron chi connectivity index (χ2n) is 5.54. The third-order valence-electron chi connectivity index (χ3n) is 3.55. The molecule has 0 unspecified atom stereocenters. The summed E-state index contributed by atoms with van der Waals surface area (Å²) in [6.45, 7) is 1.45. The number of hydrogen-bond acceptors (Lipinski definition) is 5. The van der Waals surface area contributed by atoms with Crippen molar-refractivity contribution in [2.45, 2.75) is 25.5 Å². The summed E-state index contributed by atoms with van der Waals surface area (Å²) in [6, 6.07) is 6.94. The molecule has 1 heterocycles. The number of benzene rings is 1. The molecule has 24 heavy (non-hydrogen) atoms. The number of nitrogens with one attached hydrogen (secondary N) is 1. The molecule has 1 amide bonds. The zero-order valence-electron chi connectivity index (χ0n) is 13.1. The van der Waals surface area contributed by atoms with Gasteiger partial charge in [-0.05, 0) is 31.1 Å². The van der Waals surface area contributed by atoms with Crippen molar-refractivity contribution in [3.05, 3.63) is 40.4 Å². The van der Waals surface area contributed by atoms with Gasteiger partial charge in [-0.1, -0.05) is 34.1 Å². The fourth-order valence-corrected chi connectivity index (χ4v) is 4.35. The molecular weight excluding hydrogens is 398 g/mol. The van der Waals surface area contributed by atoms with Gasteiger partial charge in [-0.25, -0.2) is 13.2 Å². The lowest BCUT2D eigenvalue weighted by molar-refractivity contribution is -0.150. The highest BCUT2D eigenvalue weighted by molar-refractivity contribution is 9.10. The van der Waals surface area contributed by atoms with Crippen molar-refractivity contribution in [3.8, 4) is 0 Å². The average Bonchev–Trinajstić information content (AvgIpc) is 2.85. The van der Waals surface area contributed by atoms with Crippen LogP contribution in [-0.2, 0) is 24.2 Å². The first-order chi connectivity index (χ1) is 11.3. The lowest BCUT2D eigenvalue weighted by atomic mass is 10.2. The number of sulfone groups is 1. The fraction of sp³-hybridized carbons (Fsp3) is 0.375. The summed E-state index contributed by atoms with van der Waals surface area (Å²) in [4.78, 5) is 23.7. The fourth-order valence-electron chi connectivity index (χ4n) is 2.26. The van der Waals surface area contributed by atoms with E-state index >= 15 is 0 Å². The molecule has 130 valence electrons. The van der Waals surface area contributed by atoms with Gasteiger partial charge in [-0.2, -0.15) is 0 Å². The second kappa shape index (κ2) is 7.94. The van der Waals surface area contributed by atoms with Crippen LogP contribution < -0.4 is 5.32 Å². The van der Waals surface area contributed by atoms with Crippen molar-refractivity contribution in [3.63, 3.8) is 0 Å². The number of amides is 1. The first-order valence-electron chi connectivity index (χ1n) is 7.41. The topological polar surface area (TPSA) is 89.5 Å². The van der Waals surface area contributed by atoms with Gasteiger partial charge < -0.3 is 10.1 Å². The normalized spacial score (nSPS) is 20.7. The van der Waals surface area contributed by atoms with Gasteiger partial charge in [0.2, 0.25) is 0 Å². The number of halogens is 1. The minimum atomic E-state index is -3.07. The Labute approximate surface area is 149 Å². The monoisotopic (exact) mass is 415 g/mol. The maximum Gasteiger partial charge on any atom is 0.331 e. The first-order valence-corrected chi connectivity index (χ1v) is 10.0. The van der Waals surface area contributed by atoms with E-state index in [0.717, 1.165) is 10.0 Å². The Hall–Kier alpha value is -1.67. The summed E-state index contributed by atoms with van der Waals surface area (Å²) in [7, 11) is -3.07. The van der Waals surface area contributed by atoms with E-state index in [1.807, 2.05) is 24.3 Å². The number of carbonyl (C=O) groups excluding carboxylic acids is 2. The van der Waals surface area contributed by atoms with E-state index in [9.17, 15) is 18.0 Å². The minimum absolute atomic E-state index is 0.0681. The van der Waals surface area contributed by atoms with Crippen LogP contribution in [-0.4, -0.2) is 43.9 Å². The average molecular weight is 416 g/mol. The summed E-state index contributed by atoms with van der Waals surface area (Å²) < 4.78 is 28.6. The number of rotatable bonds is 5. The Kier molecular flexibility index (Phi) is 6.17. The third-order valence-corrected chi connectivity index (χ3v) is 6.04. The van der Waals surface area contributed by atoms with Crippen LogP contribution in [0.25, 0.3) is 6.08 Å². The summed E-state index contributed by atoms with van der Waals surface area (Å²) >= 11 is 3.36. The highest BCUT2D eigenvalue weighted by Gasteiger charge is 2.30. The predicted octanol–water partition coefficient (Wildman–Crippen LogP) is 1.70. The molecule has 1 aliphatic heterocycles. The summed E-state index contributed by atoms with van der Waals surface area (Å²) in [5.41, 5.74) is 0.808. The number of carbonyl (C=O) groups is 2. The SMILES string of the molecule is C[C@H](OC(=O)/C=C/c1ccccc1Br)C(=O)N[C@@H]1CCS(=O)(=O)C1. The predicted molar refractivity (Wildman–Crippen MR) is 93.9 cm³/mol. The van der Waals surface area contributed by atoms with Gasteiger partial charge in [0.15, 0.2) is 15.9 Å². The molecule has 1 aliphatic rings. The van der Waals surface area contributed by atoms with Gasteiger partial charge in [0.1, 0.15) is 0 Å². The lowest BCUT2D eigenvalue weighted by Gasteiger charge is -2.15. The summed E-state index contributed by atoms with van der Waals surface area (Å²) in [5.74, 6) is -1.14. The molecule has 0 spiro atoms. The van der Waals surface area contributed by atoms with Crippen LogP contribution in [0.5, 0.6) is 0 Å². The Morgan fingerprint density at radius 2 is 2.08 bits per heavy atom. The van der Waals surface area contributed by atoms with Crippen LogP contribution in [0.1, 0.15) is 18.9 Å². The Bertz CT molecular complexity index is 759. The van der Waals surface area contributed by atoms with Crippen LogP contribution in [0.2, 0.25) is 0 Å². The smallest absolute Gasteiger partial charge is 0.331 e. The molecule has 2 rings (SSSR count). The van der Waals surface area contributed by atoms with E-state index in [-0.39, 0.29) is 11.5 Å². The van der Waals surface area contributed by atoms with Gasteiger partial charge in [0, 0.05) is 16.6 Å². The molecule has 0 bridgehead atoms.